The van der Waals surface area contributed by atoms with E-state index in [4.69, 9.17) is 0 Å². The molecule has 0 bridgehead atoms. The average Bonchev–Trinajstić information content (AvgIpc) is 2.43. The Morgan fingerprint density at radius 1 is 1.55 bits per heavy atom. The van der Waals surface area contributed by atoms with Crippen LogP contribution in [0, 0.1) is 0 Å². The van der Waals surface area contributed by atoms with E-state index in [0.29, 0.717) is 17.8 Å². The highest BCUT2D eigenvalue weighted by atomic mass is 16.2. The second-order valence-electron chi connectivity index (χ2n) is 4.47. The fourth-order valence-corrected chi connectivity index (χ4v) is 2.03. The van der Waals surface area contributed by atoms with Gasteiger partial charge in [-0.25, -0.2) is 0 Å². The van der Waals surface area contributed by atoms with Gasteiger partial charge in [-0.3, -0.25) is 24.7 Å². The lowest BCUT2D eigenvalue weighted by Gasteiger charge is -2.32. The van der Waals surface area contributed by atoms with Crippen molar-refractivity contribution < 1.29 is 14.4 Å². The Kier molecular flexibility index (Phi) is 3.97. The molecule has 0 radical (unpaired) electrons. The summed E-state index contributed by atoms with van der Waals surface area (Å²) in [4.78, 5) is 40.7. The van der Waals surface area contributed by atoms with E-state index in [1.165, 1.54) is 11.1 Å². The van der Waals surface area contributed by atoms with Crippen molar-refractivity contribution in [2.45, 2.75) is 19.9 Å². The minimum atomic E-state index is -0.685. The van der Waals surface area contributed by atoms with Gasteiger partial charge < -0.3 is 10.2 Å². The average molecular weight is 276 g/mol. The van der Waals surface area contributed by atoms with Crippen LogP contribution in [0.1, 0.15) is 24.2 Å². The quantitative estimate of drug-likeness (QED) is 0.758. The predicted octanol–water partition coefficient (Wildman–Crippen LogP) is 0.000500. The molecule has 1 saturated heterocycles. The monoisotopic (exact) mass is 276 g/mol. The van der Waals surface area contributed by atoms with Crippen LogP contribution < -0.4 is 10.6 Å². The van der Waals surface area contributed by atoms with Crippen LogP contribution in [-0.4, -0.2) is 46.7 Å². The van der Waals surface area contributed by atoms with Crippen LogP contribution in [0.4, 0.5) is 5.69 Å². The lowest BCUT2D eigenvalue weighted by atomic mass is 10.1. The fourth-order valence-electron chi connectivity index (χ4n) is 2.03. The van der Waals surface area contributed by atoms with Gasteiger partial charge >= 0.3 is 0 Å². The maximum Gasteiger partial charge on any atom is 0.258 e. The molecule has 1 aromatic heterocycles. The maximum atomic E-state index is 12.5. The summed E-state index contributed by atoms with van der Waals surface area (Å²) in [6.07, 6.45) is 3.01. The molecule has 1 aliphatic heterocycles. The Balaban J connectivity index is 2.30. The zero-order valence-electron chi connectivity index (χ0n) is 11.3. The number of carbonyl (C=O) groups is 3. The van der Waals surface area contributed by atoms with Crippen LogP contribution in [0.5, 0.6) is 0 Å². The normalized spacial score (nSPS) is 18.7. The van der Waals surface area contributed by atoms with Crippen molar-refractivity contribution in [3.05, 3.63) is 24.0 Å². The molecule has 1 aliphatic rings. The van der Waals surface area contributed by atoms with Gasteiger partial charge in [0.2, 0.25) is 11.8 Å². The van der Waals surface area contributed by atoms with Crippen molar-refractivity contribution >= 4 is 23.4 Å². The summed E-state index contributed by atoms with van der Waals surface area (Å²) in [5, 5.41) is 5.26. The standard InChI is InChI=1S/C13H16N4O3/c1-3-15-10-4-5-14-6-9(10)13(20)17-7-11(18)16-12(19)8(17)2/h4-6,8H,3,7H2,1-2H3,(H,14,15)(H,16,18,19). The van der Waals surface area contributed by atoms with E-state index in [1.54, 1.807) is 19.2 Å². The Bertz CT molecular complexity index is 558. The third kappa shape index (κ3) is 2.61. The number of hydrogen-bond acceptors (Lipinski definition) is 5. The van der Waals surface area contributed by atoms with Crippen LogP contribution in [0.3, 0.4) is 0 Å². The molecule has 2 heterocycles. The van der Waals surface area contributed by atoms with E-state index in [9.17, 15) is 14.4 Å². The molecule has 0 spiro atoms. The van der Waals surface area contributed by atoms with Crippen LogP contribution >= 0.6 is 0 Å². The smallest absolute Gasteiger partial charge is 0.258 e. The number of nitrogens with one attached hydrogen (secondary N) is 2. The summed E-state index contributed by atoms with van der Waals surface area (Å²) < 4.78 is 0. The molecule has 1 atom stereocenters. The molecule has 2 rings (SSSR count). The highest BCUT2D eigenvalue weighted by Gasteiger charge is 2.34. The molecule has 2 N–H and O–H groups in total. The van der Waals surface area contributed by atoms with Gasteiger partial charge in [0.25, 0.3) is 5.91 Å². The first-order valence-corrected chi connectivity index (χ1v) is 6.37. The third-order valence-electron chi connectivity index (χ3n) is 3.10. The number of pyridine rings is 1. The number of piperazine rings is 1. The molecule has 1 aromatic rings. The number of anilines is 1. The molecule has 106 valence electrons. The number of rotatable bonds is 3. The van der Waals surface area contributed by atoms with Gasteiger partial charge in [0, 0.05) is 18.9 Å². The topological polar surface area (TPSA) is 91.4 Å². The first kappa shape index (κ1) is 14.0. The van der Waals surface area contributed by atoms with Gasteiger partial charge in [-0.2, -0.15) is 0 Å². The highest BCUT2D eigenvalue weighted by molar-refractivity contribution is 6.08. The second-order valence-corrected chi connectivity index (χ2v) is 4.47. The molecule has 20 heavy (non-hydrogen) atoms. The van der Waals surface area contributed by atoms with Gasteiger partial charge in [0.15, 0.2) is 0 Å². The van der Waals surface area contributed by atoms with Crippen molar-refractivity contribution in [1.29, 1.82) is 0 Å². The SMILES string of the molecule is CCNc1ccncc1C(=O)N1CC(=O)NC(=O)C1C. The molecule has 0 aliphatic carbocycles. The number of imide groups is 1. The minimum Gasteiger partial charge on any atom is -0.385 e. The molecule has 7 heteroatoms. The Labute approximate surface area is 116 Å². The van der Waals surface area contributed by atoms with Gasteiger partial charge in [0.05, 0.1) is 11.3 Å². The van der Waals surface area contributed by atoms with E-state index >= 15 is 0 Å². The Hall–Kier alpha value is -2.44. The first-order valence-electron chi connectivity index (χ1n) is 6.37. The summed E-state index contributed by atoms with van der Waals surface area (Å²) in [6.45, 7) is 4.02. The summed E-state index contributed by atoms with van der Waals surface area (Å²) in [7, 11) is 0. The summed E-state index contributed by atoms with van der Waals surface area (Å²) in [6, 6.07) is 1.00. The van der Waals surface area contributed by atoms with E-state index in [0.717, 1.165) is 0 Å². The maximum absolute atomic E-state index is 12.5. The summed E-state index contributed by atoms with van der Waals surface area (Å²) in [5.41, 5.74) is 0.988. The van der Waals surface area contributed by atoms with Crippen LogP contribution in [0.25, 0.3) is 0 Å². The van der Waals surface area contributed by atoms with Crippen LogP contribution in [0.15, 0.2) is 18.5 Å². The van der Waals surface area contributed by atoms with Crippen molar-refractivity contribution in [2.24, 2.45) is 0 Å². The van der Waals surface area contributed by atoms with Crippen molar-refractivity contribution in [3.63, 3.8) is 0 Å². The van der Waals surface area contributed by atoms with Crippen molar-refractivity contribution in [2.75, 3.05) is 18.4 Å². The lowest BCUT2D eigenvalue weighted by Crippen LogP contribution is -2.58. The minimum absolute atomic E-state index is 0.133. The van der Waals surface area contributed by atoms with Crippen molar-refractivity contribution in [3.8, 4) is 0 Å². The van der Waals surface area contributed by atoms with Gasteiger partial charge in [0.1, 0.15) is 12.6 Å². The first-order chi connectivity index (χ1) is 9.54. The van der Waals surface area contributed by atoms with Crippen LogP contribution in [0.2, 0.25) is 0 Å². The molecule has 3 amide bonds. The van der Waals surface area contributed by atoms with E-state index < -0.39 is 17.9 Å². The van der Waals surface area contributed by atoms with Gasteiger partial charge in [-0.1, -0.05) is 0 Å². The van der Waals surface area contributed by atoms with E-state index in [2.05, 4.69) is 15.6 Å². The largest absolute Gasteiger partial charge is 0.385 e. The molecular formula is C13H16N4O3. The fraction of sp³-hybridized carbons (Fsp3) is 0.385. The number of aromatic nitrogens is 1. The van der Waals surface area contributed by atoms with Crippen molar-refractivity contribution in [1.82, 2.24) is 15.2 Å². The number of nitrogens with zero attached hydrogens (tertiary/aromatic N) is 2. The molecule has 7 nitrogen and oxygen atoms in total. The van der Waals surface area contributed by atoms with Gasteiger partial charge in [-0.05, 0) is 19.9 Å². The predicted molar refractivity (Wildman–Crippen MR) is 72.0 cm³/mol. The zero-order valence-corrected chi connectivity index (χ0v) is 11.3. The molecule has 0 aromatic carbocycles. The molecule has 1 unspecified atom stereocenters. The third-order valence-corrected chi connectivity index (χ3v) is 3.10. The number of carbonyl (C=O) groups excluding carboxylic acids is 3. The van der Waals surface area contributed by atoms with Crippen LogP contribution in [-0.2, 0) is 9.59 Å². The number of amides is 3. The lowest BCUT2D eigenvalue weighted by molar-refractivity contribution is -0.138. The molecular weight excluding hydrogens is 260 g/mol. The Morgan fingerprint density at radius 3 is 3.00 bits per heavy atom. The summed E-state index contributed by atoms with van der Waals surface area (Å²) in [5.74, 6) is -1.33. The Morgan fingerprint density at radius 2 is 2.30 bits per heavy atom. The molecule has 1 fully saturated rings. The zero-order chi connectivity index (χ0) is 14.7. The van der Waals surface area contributed by atoms with Gasteiger partial charge in [-0.15, -0.1) is 0 Å². The second kappa shape index (κ2) is 5.68. The van der Waals surface area contributed by atoms with E-state index in [-0.39, 0.29) is 12.5 Å². The highest BCUT2D eigenvalue weighted by Crippen LogP contribution is 2.18. The summed E-state index contributed by atoms with van der Waals surface area (Å²) >= 11 is 0. The van der Waals surface area contributed by atoms with E-state index in [1.807, 2.05) is 6.92 Å². The number of hydrogen-bond donors (Lipinski definition) is 2. The molecule has 0 saturated carbocycles.